The lowest BCUT2D eigenvalue weighted by Crippen LogP contribution is -2.17. The van der Waals surface area contributed by atoms with Gasteiger partial charge >= 0.3 is 0 Å². The van der Waals surface area contributed by atoms with E-state index in [1.54, 1.807) is 19.1 Å². The van der Waals surface area contributed by atoms with Crippen LogP contribution < -0.4 is 10.5 Å². The Morgan fingerprint density at radius 1 is 1.33 bits per heavy atom. The number of H-pyrrole nitrogens is 1. The van der Waals surface area contributed by atoms with Crippen molar-refractivity contribution in [3.63, 3.8) is 0 Å². The molecule has 0 unspecified atom stereocenters. The van der Waals surface area contributed by atoms with Gasteiger partial charge in [0.2, 0.25) is 5.95 Å². The SMILES string of the molecule is Cc1ccc(N)c(S(=O)(=O)Nc2ncc[nH]2)c1C. The van der Waals surface area contributed by atoms with Gasteiger partial charge in [0.15, 0.2) is 0 Å². The van der Waals surface area contributed by atoms with Crippen LogP contribution in [0.5, 0.6) is 0 Å². The highest BCUT2D eigenvalue weighted by molar-refractivity contribution is 7.93. The molecule has 0 aliphatic heterocycles. The van der Waals surface area contributed by atoms with E-state index in [-0.39, 0.29) is 16.5 Å². The minimum Gasteiger partial charge on any atom is -0.398 e. The Kier molecular flexibility index (Phi) is 3.00. The van der Waals surface area contributed by atoms with Crippen molar-refractivity contribution in [3.05, 3.63) is 35.7 Å². The highest BCUT2D eigenvalue weighted by Gasteiger charge is 2.21. The number of hydrogen-bond acceptors (Lipinski definition) is 4. The van der Waals surface area contributed by atoms with Gasteiger partial charge in [0.05, 0.1) is 5.69 Å². The molecule has 0 aliphatic carbocycles. The van der Waals surface area contributed by atoms with Crippen molar-refractivity contribution in [2.75, 3.05) is 10.5 Å². The molecule has 0 aliphatic rings. The summed E-state index contributed by atoms with van der Waals surface area (Å²) in [5.41, 5.74) is 7.47. The number of imidazole rings is 1. The monoisotopic (exact) mass is 266 g/mol. The molecule has 2 aromatic rings. The van der Waals surface area contributed by atoms with E-state index in [2.05, 4.69) is 14.7 Å². The van der Waals surface area contributed by atoms with E-state index in [4.69, 9.17) is 5.73 Å². The molecule has 0 saturated heterocycles. The summed E-state index contributed by atoms with van der Waals surface area (Å²) in [5.74, 6) is 0.162. The van der Waals surface area contributed by atoms with Crippen LogP contribution in [-0.2, 0) is 10.0 Å². The second kappa shape index (κ2) is 4.34. The zero-order chi connectivity index (χ0) is 13.3. The summed E-state index contributed by atoms with van der Waals surface area (Å²) in [6, 6.07) is 3.37. The molecule has 0 bridgehead atoms. The molecule has 0 radical (unpaired) electrons. The second-order valence-electron chi connectivity index (χ2n) is 3.97. The number of hydrogen-bond donors (Lipinski definition) is 3. The van der Waals surface area contributed by atoms with Crippen LogP contribution in [0.4, 0.5) is 11.6 Å². The van der Waals surface area contributed by atoms with Gasteiger partial charge in [-0.05, 0) is 31.0 Å². The summed E-state index contributed by atoms with van der Waals surface area (Å²) in [4.78, 5) is 6.59. The third-order valence-electron chi connectivity index (χ3n) is 2.71. The summed E-state index contributed by atoms with van der Waals surface area (Å²) in [6.45, 7) is 3.56. The van der Waals surface area contributed by atoms with Crippen LogP contribution in [0.2, 0.25) is 0 Å². The Labute approximate surface area is 105 Å². The number of aromatic nitrogens is 2. The van der Waals surface area contributed by atoms with Crippen molar-refractivity contribution >= 4 is 21.7 Å². The van der Waals surface area contributed by atoms with Gasteiger partial charge in [0.1, 0.15) is 4.90 Å². The van der Waals surface area contributed by atoms with Gasteiger partial charge in [-0.15, -0.1) is 0 Å². The van der Waals surface area contributed by atoms with Crippen molar-refractivity contribution in [3.8, 4) is 0 Å². The van der Waals surface area contributed by atoms with Crippen LogP contribution in [0, 0.1) is 13.8 Å². The molecule has 1 heterocycles. The van der Waals surface area contributed by atoms with E-state index in [0.717, 1.165) is 5.56 Å². The lowest BCUT2D eigenvalue weighted by molar-refractivity contribution is 0.600. The summed E-state index contributed by atoms with van der Waals surface area (Å²) in [5, 5.41) is 0. The largest absolute Gasteiger partial charge is 0.398 e. The molecular weight excluding hydrogens is 252 g/mol. The number of nitrogens with two attached hydrogens (primary N) is 1. The molecule has 2 rings (SSSR count). The van der Waals surface area contributed by atoms with Crippen LogP contribution in [0.25, 0.3) is 0 Å². The number of nitrogens with zero attached hydrogens (tertiary/aromatic N) is 1. The molecule has 96 valence electrons. The topological polar surface area (TPSA) is 101 Å². The number of nitrogen functional groups attached to an aromatic ring is 1. The number of anilines is 2. The van der Waals surface area contributed by atoms with Crippen LogP contribution in [0.3, 0.4) is 0 Å². The van der Waals surface area contributed by atoms with E-state index >= 15 is 0 Å². The number of benzene rings is 1. The van der Waals surface area contributed by atoms with E-state index in [1.807, 2.05) is 6.92 Å². The molecule has 6 nitrogen and oxygen atoms in total. The van der Waals surface area contributed by atoms with Crippen molar-refractivity contribution in [2.24, 2.45) is 0 Å². The molecule has 0 spiro atoms. The molecule has 0 saturated carbocycles. The Bertz CT molecular complexity index is 663. The Morgan fingerprint density at radius 2 is 2.06 bits per heavy atom. The maximum atomic E-state index is 12.2. The average molecular weight is 266 g/mol. The van der Waals surface area contributed by atoms with Crippen molar-refractivity contribution in [1.82, 2.24) is 9.97 Å². The lowest BCUT2D eigenvalue weighted by Gasteiger charge is -2.12. The van der Waals surface area contributed by atoms with Gasteiger partial charge in [-0.1, -0.05) is 6.07 Å². The third kappa shape index (κ3) is 2.17. The Hall–Kier alpha value is -2.02. The van der Waals surface area contributed by atoms with Crippen molar-refractivity contribution in [2.45, 2.75) is 18.7 Å². The fourth-order valence-corrected chi connectivity index (χ4v) is 3.08. The van der Waals surface area contributed by atoms with E-state index in [9.17, 15) is 8.42 Å². The smallest absolute Gasteiger partial charge is 0.266 e. The summed E-state index contributed by atoms with van der Waals surface area (Å²) in [7, 11) is -3.74. The summed E-state index contributed by atoms with van der Waals surface area (Å²) < 4.78 is 26.8. The predicted octanol–water partition coefficient (Wildman–Crippen LogP) is 1.41. The van der Waals surface area contributed by atoms with Gasteiger partial charge in [0, 0.05) is 12.4 Å². The van der Waals surface area contributed by atoms with Gasteiger partial charge in [-0.25, -0.2) is 18.1 Å². The van der Waals surface area contributed by atoms with Crippen molar-refractivity contribution in [1.29, 1.82) is 0 Å². The molecule has 18 heavy (non-hydrogen) atoms. The Morgan fingerprint density at radius 3 is 2.67 bits per heavy atom. The minimum atomic E-state index is -3.74. The Balaban J connectivity index is 2.51. The summed E-state index contributed by atoms with van der Waals surface area (Å²) >= 11 is 0. The molecular formula is C11H14N4O2S. The predicted molar refractivity (Wildman–Crippen MR) is 69.7 cm³/mol. The number of aromatic amines is 1. The van der Waals surface area contributed by atoms with Crippen LogP contribution in [0.15, 0.2) is 29.4 Å². The molecule has 0 amide bonds. The number of nitrogens with one attached hydrogen (secondary N) is 2. The van der Waals surface area contributed by atoms with Gasteiger partial charge < -0.3 is 10.7 Å². The van der Waals surface area contributed by atoms with Gasteiger partial charge in [-0.3, -0.25) is 0 Å². The van der Waals surface area contributed by atoms with E-state index in [0.29, 0.717) is 5.56 Å². The second-order valence-corrected chi connectivity index (χ2v) is 5.59. The first-order chi connectivity index (χ1) is 8.42. The van der Waals surface area contributed by atoms with Gasteiger partial charge in [-0.2, -0.15) is 0 Å². The number of rotatable bonds is 3. The maximum Gasteiger partial charge on any atom is 0.266 e. The van der Waals surface area contributed by atoms with Crippen LogP contribution in [-0.4, -0.2) is 18.4 Å². The average Bonchev–Trinajstić information content (AvgIpc) is 2.75. The molecule has 0 atom stereocenters. The van der Waals surface area contributed by atoms with Crippen LogP contribution >= 0.6 is 0 Å². The minimum absolute atomic E-state index is 0.0962. The van der Waals surface area contributed by atoms with E-state index in [1.165, 1.54) is 12.4 Å². The lowest BCUT2D eigenvalue weighted by atomic mass is 10.1. The normalized spacial score (nSPS) is 11.4. The van der Waals surface area contributed by atoms with Crippen molar-refractivity contribution < 1.29 is 8.42 Å². The fourth-order valence-electron chi connectivity index (χ4n) is 1.67. The standard InChI is InChI=1S/C11H14N4O2S/c1-7-3-4-9(12)10(8(7)2)18(16,17)15-11-13-5-6-14-11/h3-6H,12H2,1-2H3,(H2,13,14,15). The number of sulfonamides is 1. The molecule has 0 fully saturated rings. The molecule has 7 heteroatoms. The first-order valence-electron chi connectivity index (χ1n) is 5.29. The zero-order valence-corrected chi connectivity index (χ0v) is 10.9. The molecule has 4 N–H and O–H groups in total. The van der Waals surface area contributed by atoms with Gasteiger partial charge in [0.25, 0.3) is 10.0 Å². The number of aryl methyl sites for hydroxylation is 1. The first kappa shape index (κ1) is 12.4. The van der Waals surface area contributed by atoms with Crippen LogP contribution in [0.1, 0.15) is 11.1 Å². The fraction of sp³-hybridized carbons (Fsp3) is 0.182. The van der Waals surface area contributed by atoms with E-state index < -0.39 is 10.0 Å². The highest BCUT2D eigenvalue weighted by atomic mass is 32.2. The highest BCUT2D eigenvalue weighted by Crippen LogP contribution is 2.26. The summed E-state index contributed by atoms with van der Waals surface area (Å²) in [6.07, 6.45) is 2.99. The molecule has 1 aromatic heterocycles. The first-order valence-corrected chi connectivity index (χ1v) is 6.78. The third-order valence-corrected chi connectivity index (χ3v) is 4.25. The maximum absolute atomic E-state index is 12.2. The molecule has 1 aromatic carbocycles. The zero-order valence-electron chi connectivity index (χ0n) is 10.1. The quantitative estimate of drug-likeness (QED) is 0.731.